The van der Waals surface area contributed by atoms with E-state index < -0.39 is 10.0 Å². The van der Waals surface area contributed by atoms with Crippen LogP contribution in [0.4, 0.5) is 0 Å². The first kappa shape index (κ1) is 19.8. The summed E-state index contributed by atoms with van der Waals surface area (Å²) in [5.41, 5.74) is 2.94. The van der Waals surface area contributed by atoms with E-state index in [9.17, 15) is 13.2 Å². The van der Waals surface area contributed by atoms with E-state index in [1.165, 1.54) is 15.2 Å². The topological polar surface area (TPSA) is 85.1 Å². The second-order valence-corrected chi connectivity index (χ2v) is 8.89. The molecule has 0 fully saturated rings. The monoisotopic (exact) mass is 452 g/mol. The fraction of sp³-hybridized carbons (Fsp3) is 0.278. The van der Waals surface area contributed by atoms with E-state index in [2.05, 4.69) is 26.0 Å². The van der Waals surface area contributed by atoms with Crippen molar-refractivity contribution < 1.29 is 8.42 Å². The van der Waals surface area contributed by atoms with E-state index in [4.69, 9.17) is 0 Å². The Morgan fingerprint density at radius 2 is 1.56 bits per heavy atom. The van der Waals surface area contributed by atoms with Gasteiger partial charge in [0.1, 0.15) is 0 Å². The fourth-order valence-corrected chi connectivity index (χ4v) is 5.10. The molecule has 0 aliphatic rings. The van der Waals surface area contributed by atoms with Gasteiger partial charge >= 0.3 is 5.69 Å². The van der Waals surface area contributed by atoms with E-state index in [0.29, 0.717) is 22.1 Å². The number of benzene rings is 2. The molecule has 0 bridgehead atoms. The molecule has 2 N–H and O–H groups in total. The Kier molecular flexibility index (Phi) is 5.57. The van der Waals surface area contributed by atoms with Crippen molar-refractivity contribution in [1.82, 2.24) is 19.2 Å². The predicted octanol–water partition coefficient (Wildman–Crippen LogP) is 1.84. The van der Waals surface area contributed by atoms with Crippen LogP contribution < -0.4 is 15.7 Å². The van der Waals surface area contributed by atoms with Crippen molar-refractivity contribution in [3.63, 3.8) is 0 Å². The molecule has 0 saturated carbocycles. The Labute approximate surface area is 166 Å². The van der Waals surface area contributed by atoms with Gasteiger partial charge in [0.15, 0.2) is 0 Å². The third-order valence-electron chi connectivity index (χ3n) is 4.55. The molecule has 0 spiro atoms. The van der Waals surface area contributed by atoms with Gasteiger partial charge in [0.25, 0.3) is 0 Å². The Hall–Kier alpha value is -1.94. The van der Waals surface area contributed by atoms with Crippen LogP contribution in [0.3, 0.4) is 0 Å². The first-order chi connectivity index (χ1) is 12.8. The highest BCUT2D eigenvalue weighted by Crippen LogP contribution is 2.27. The normalized spacial score (nSPS) is 12.0. The molecule has 0 unspecified atom stereocenters. The number of nitrogens with one attached hydrogen (secondary N) is 2. The lowest BCUT2D eigenvalue weighted by Gasteiger charge is -2.12. The summed E-state index contributed by atoms with van der Waals surface area (Å²) in [5.74, 6) is 0. The van der Waals surface area contributed by atoms with Gasteiger partial charge in [-0.2, -0.15) is 0 Å². The van der Waals surface area contributed by atoms with Crippen LogP contribution in [0.25, 0.3) is 11.0 Å². The lowest BCUT2D eigenvalue weighted by Crippen LogP contribution is -2.24. The van der Waals surface area contributed by atoms with Gasteiger partial charge in [-0.3, -0.25) is 9.13 Å². The Bertz CT molecular complexity index is 1170. The van der Waals surface area contributed by atoms with Gasteiger partial charge in [-0.25, -0.2) is 17.9 Å². The van der Waals surface area contributed by atoms with Crippen LogP contribution in [-0.2, 0) is 37.2 Å². The number of imidazole rings is 1. The molecular weight excluding hydrogens is 432 g/mol. The molecule has 9 heteroatoms. The lowest BCUT2D eigenvalue weighted by molar-refractivity contribution is 0.580. The van der Waals surface area contributed by atoms with Crippen molar-refractivity contribution >= 4 is 37.0 Å². The molecule has 0 amide bonds. The molecule has 1 heterocycles. The first-order valence-electron chi connectivity index (χ1n) is 8.32. The van der Waals surface area contributed by atoms with Crippen molar-refractivity contribution in [3.05, 3.63) is 62.5 Å². The molecule has 0 atom stereocenters. The third kappa shape index (κ3) is 3.73. The number of hydrogen-bond donors (Lipinski definition) is 2. The van der Waals surface area contributed by atoms with Gasteiger partial charge in [0.05, 0.1) is 15.9 Å². The fourth-order valence-electron chi connectivity index (χ4n) is 3.05. The maximum Gasteiger partial charge on any atom is 0.328 e. The summed E-state index contributed by atoms with van der Waals surface area (Å²) in [6.07, 6.45) is 0. The molecule has 1 aromatic heterocycles. The van der Waals surface area contributed by atoms with Crippen LogP contribution in [0.5, 0.6) is 0 Å². The minimum Gasteiger partial charge on any atom is -0.316 e. The Morgan fingerprint density at radius 3 is 2.15 bits per heavy atom. The molecule has 0 saturated heterocycles. The zero-order valence-electron chi connectivity index (χ0n) is 15.3. The summed E-state index contributed by atoms with van der Waals surface area (Å²) in [5, 5.41) is 3.08. The van der Waals surface area contributed by atoms with E-state index >= 15 is 0 Å². The highest BCUT2D eigenvalue weighted by molar-refractivity contribution is 9.10. The molecule has 3 rings (SSSR count). The third-order valence-corrected chi connectivity index (χ3v) is 6.91. The van der Waals surface area contributed by atoms with Gasteiger partial charge in [-0.1, -0.05) is 24.3 Å². The highest BCUT2D eigenvalue weighted by Gasteiger charge is 2.21. The molecule has 0 radical (unpaired) electrons. The SMILES string of the molecule is CNCc1ccccc1CNS(=O)(=O)c1cc2c(cc1Br)n(C)c(=O)n2C. The van der Waals surface area contributed by atoms with Gasteiger partial charge < -0.3 is 5.32 Å². The van der Waals surface area contributed by atoms with Crippen LogP contribution in [0.1, 0.15) is 11.1 Å². The average molecular weight is 453 g/mol. The molecule has 0 aliphatic carbocycles. The van der Waals surface area contributed by atoms with E-state index in [-0.39, 0.29) is 17.1 Å². The summed E-state index contributed by atoms with van der Waals surface area (Å²) >= 11 is 3.33. The van der Waals surface area contributed by atoms with Crippen LogP contribution >= 0.6 is 15.9 Å². The Balaban J connectivity index is 1.97. The van der Waals surface area contributed by atoms with Crippen molar-refractivity contribution in [2.75, 3.05) is 7.05 Å². The largest absolute Gasteiger partial charge is 0.328 e. The predicted molar refractivity (Wildman–Crippen MR) is 109 cm³/mol. The number of sulfonamides is 1. The summed E-state index contributed by atoms with van der Waals surface area (Å²) < 4.78 is 31.8. The van der Waals surface area contributed by atoms with Gasteiger partial charge in [-0.15, -0.1) is 0 Å². The maximum absolute atomic E-state index is 12.9. The van der Waals surface area contributed by atoms with E-state index in [1.807, 2.05) is 31.3 Å². The molecule has 144 valence electrons. The number of aromatic nitrogens is 2. The molecule has 7 nitrogen and oxygen atoms in total. The minimum absolute atomic E-state index is 0.0993. The van der Waals surface area contributed by atoms with Crippen LogP contribution in [0.2, 0.25) is 0 Å². The molecule has 27 heavy (non-hydrogen) atoms. The minimum atomic E-state index is -3.77. The van der Waals surface area contributed by atoms with Crippen molar-refractivity contribution in [1.29, 1.82) is 0 Å². The van der Waals surface area contributed by atoms with Crippen LogP contribution in [-0.4, -0.2) is 24.6 Å². The molecular formula is C18H21BrN4O3S. The van der Waals surface area contributed by atoms with Crippen LogP contribution in [0.15, 0.2) is 50.6 Å². The van der Waals surface area contributed by atoms with Crippen molar-refractivity contribution in [2.45, 2.75) is 18.0 Å². The summed E-state index contributed by atoms with van der Waals surface area (Å²) in [4.78, 5) is 12.2. The average Bonchev–Trinajstić information content (AvgIpc) is 2.84. The van der Waals surface area contributed by atoms with E-state index in [1.54, 1.807) is 20.2 Å². The maximum atomic E-state index is 12.9. The number of aryl methyl sites for hydroxylation is 2. The molecule has 0 aliphatic heterocycles. The first-order valence-corrected chi connectivity index (χ1v) is 10.6. The van der Waals surface area contributed by atoms with E-state index in [0.717, 1.165) is 11.1 Å². The van der Waals surface area contributed by atoms with Crippen LogP contribution in [0, 0.1) is 0 Å². The second kappa shape index (κ2) is 7.59. The molecule has 2 aromatic carbocycles. The quantitative estimate of drug-likeness (QED) is 0.597. The number of rotatable bonds is 6. The van der Waals surface area contributed by atoms with Crippen molar-refractivity contribution in [2.24, 2.45) is 14.1 Å². The van der Waals surface area contributed by atoms with Gasteiger partial charge in [0.2, 0.25) is 10.0 Å². The zero-order chi connectivity index (χ0) is 19.8. The van der Waals surface area contributed by atoms with Crippen molar-refractivity contribution in [3.8, 4) is 0 Å². The highest BCUT2D eigenvalue weighted by atomic mass is 79.9. The summed E-state index contributed by atoms with van der Waals surface area (Å²) in [6.45, 7) is 0.831. The second-order valence-electron chi connectivity index (χ2n) is 6.30. The number of fused-ring (bicyclic) bond motifs is 1. The summed E-state index contributed by atoms with van der Waals surface area (Å²) in [7, 11) is 1.35. The lowest BCUT2D eigenvalue weighted by atomic mass is 10.1. The molecule has 3 aromatic rings. The Morgan fingerprint density at radius 1 is 1.00 bits per heavy atom. The van der Waals surface area contributed by atoms with Gasteiger partial charge in [0, 0.05) is 31.7 Å². The number of halogens is 1. The zero-order valence-corrected chi connectivity index (χ0v) is 17.7. The summed E-state index contributed by atoms with van der Waals surface area (Å²) in [6, 6.07) is 10.8. The van der Waals surface area contributed by atoms with Gasteiger partial charge in [-0.05, 0) is 46.2 Å². The standard InChI is InChI=1S/C18H21BrN4O3S/c1-20-10-12-6-4-5-7-13(12)11-21-27(25,26)17-9-16-15(8-14(17)19)22(2)18(24)23(16)3/h4-9,20-21H,10-11H2,1-3H3. The number of hydrogen-bond acceptors (Lipinski definition) is 4. The number of nitrogens with zero attached hydrogens (tertiary/aromatic N) is 2. The smallest absolute Gasteiger partial charge is 0.316 e.